The van der Waals surface area contributed by atoms with Gasteiger partial charge in [0.1, 0.15) is 0 Å². The summed E-state index contributed by atoms with van der Waals surface area (Å²) in [7, 11) is 0. The van der Waals surface area contributed by atoms with E-state index in [0.717, 1.165) is 17.8 Å². The first kappa shape index (κ1) is 13.9. The number of benzene rings is 1. The number of Topliss-reactive ketones (excluding diaryl/α,β-unsaturated/α-hetero) is 1. The summed E-state index contributed by atoms with van der Waals surface area (Å²) < 4.78 is 39.3. The van der Waals surface area contributed by atoms with Gasteiger partial charge in [0, 0.05) is 6.42 Å². The van der Waals surface area contributed by atoms with Crippen molar-refractivity contribution in [2.75, 3.05) is 0 Å². The Morgan fingerprint density at radius 1 is 1.19 bits per heavy atom. The number of hydrogen-bond acceptors (Lipinski definition) is 2. The third-order valence-electron chi connectivity index (χ3n) is 3.68. The van der Waals surface area contributed by atoms with Gasteiger partial charge < -0.3 is 0 Å². The Labute approximate surface area is 119 Å². The Bertz CT molecular complexity index is 686. The van der Waals surface area contributed by atoms with Gasteiger partial charge in [-0.3, -0.25) is 4.79 Å². The minimum Gasteiger partial charge on any atom is -0.294 e. The fourth-order valence-electron chi connectivity index (χ4n) is 2.65. The van der Waals surface area contributed by atoms with E-state index in [1.54, 1.807) is 4.68 Å². The quantitative estimate of drug-likeness (QED) is 0.804. The number of fused-ring (bicyclic) bond motifs is 1. The molecule has 110 valence electrons. The van der Waals surface area contributed by atoms with Crippen molar-refractivity contribution in [2.45, 2.75) is 25.9 Å². The SMILES string of the molecule is C[C@H]1CC(=O)c2cnn(-c3ccc(C(F)(F)F)cc3)c2C1. The molecular weight excluding hydrogens is 281 g/mol. The first-order chi connectivity index (χ1) is 9.86. The molecule has 1 aromatic carbocycles. The summed E-state index contributed by atoms with van der Waals surface area (Å²) in [5.74, 6) is 0.261. The third kappa shape index (κ3) is 2.46. The molecule has 1 aliphatic rings. The molecule has 0 bridgehead atoms. The Balaban J connectivity index is 2.01. The van der Waals surface area contributed by atoms with Gasteiger partial charge in [0.15, 0.2) is 5.78 Å². The van der Waals surface area contributed by atoms with Crippen LogP contribution >= 0.6 is 0 Å². The maximum absolute atomic E-state index is 12.6. The minimum atomic E-state index is -4.35. The van der Waals surface area contributed by atoms with Crippen LogP contribution in [0.15, 0.2) is 30.5 Å². The number of rotatable bonds is 1. The highest BCUT2D eigenvalue weighted by Crippen LogP contribution is 2.31. The maximum atomic E-state index is 12.6. The van der Waals surface area contributed by atoms with Crippen LogP contribution in [0.25, 0.3) is 5.69 Å². The molecule has 1 aliphatic carbocycles. The van der Waals surface area contributed by atoms with Crippen LogP contribution in [0.3, 0.4) is 0 Å². The molecule has 1 atom stereocenters. The largest absolute Gasteiger partial charge is 0.416 e. The molecule has 0 saturated carbocycles. The Morgan fingerprint density at radius 3 is 2.48 bits per heavy atom. The van der Waals surface area contributed by atoms with Crippen LogP contribution in [0.1, 0.15) is 35.0 Å². The summed E-state index contributed by atoms with van der Waals surface area (Å²) in [5, 5.41) is 4.16. The van der Waals surface area contributed by atoms with Crippen molar-refractivity contribution in [3.63, 3.8) is 0 Å². The highest BCUT2D eigenvalue weighted by atomic mass is 19.4. The molecule has 3 rings (SSSR count). The number of hydrogen-bond donors (Lipinski definition) is 0. The molecule has 1 heterocycles. The lowest BCUT2D eigenvalue weighted by molar-refractivity contribution is -0.137. The van der Waals surface area contributed by atoms with Crippen LogP contribution < -0.4 is 0 Å². The molecule has 0 fully saturated rings. The lowest BCUT2D eigenvalue weighted by Crippen LogP contribution is -2.19. The van der Waals surface area contributed by atoms with Crippen molar-refractivity contribution in [3.8, 4) is 5.69 Å². The Morgan fingerprint density at radius 2 is 1.86 bits per heavy atom. The second-order valence-corrected chi connectivity index (χ2v) is 5.40. The van der Waals surface area contributed by atoms with E-state index in [1.165, 1.54) is 18.3 Å². The maximum Gasteiger partial charge on any atom is 0.416 e. The summed E-state index contributed by atoms with van der Waals surface area (Å²) in [6, 6.07) is 4.80. The van der Waals surface area contributed by atoms with Gasteiger partial charge in [0.25, 0.3) is 0 Å². The second-order valence-electron chi connectivity index (χ2n) is 5.40. The summed E-state index contributed by atoms with van der Waals surface area (Å²) >= 11 is 0. The van der Waals surface area contributed by atoms with Crippen molar-refractivity contribution >= 4 is 5.78 Å². The first-order valence-corrected chi connectivity index (χ1v) is 6.64. The van der Waals surface area contributed by atoms with Crippen molar-refractivity contribution in [2.24, 2.45) is 5.92 Å². The number of halogens is 3. The smallest absolute Gasteiger partial charge is 0.294 e. The molecule has 0 N–H and O–H groups in total. The van der Waals surface area contributed by atoms with E-state index in [0.29, 0.717) is 24.1 Å². The van der Waals surface area contributed by atoms with Crippen molar-refractivity contribution in [1.29, 1.82) is 0 Å². The highest BCUT2D eigenvalue weighted by Gasteiger charge is 2.30. The van der Waals surface area contributed by atoms with Gasteiger partial charge in [-0.15, -0.1) is 0 Å². The molecule has 0 aliphatic heterocycles. The summed E-state index contributed by atoms with van der Waals surface area (Å²) in [6.07, 6.45) is -1.67. The van der Waals surface area contributed by atoms with E-state index < -0.39 is 11.7 Å². The normalized spacial score (nSPS) is 18.7. The van der Waals surface area contributed by atoms with Gasteiger partial charge in [-0.1, -0.05) is 6.92 Å². The molecular formula is C15H13F3N2O. The van der Waals surface area contributed by atoms with Crippen LogP contribution in [-0.2, 0) is 12.6 Å². The average Bonchev–Trinajstić information content (AvgIpc) is 2.82. The fraction of sp³-hybridized carbons (Fsp3) is 0.333. The van der Waals surface area contributed by atoms with E-state index in [-0.39, 0.29) is 11.7 Å². The van der Waals surface area contributed by atoms with E-state index in [4.69, 9.17) is 0 Å². The molecule has 21 heavy (non-hydrogen) atoms. The van der Waals surface area contributed by atoms with Crippen LogP contribution in [-0.4, -0.2) is 15.6 Å². The highest BCUT2D eigenvalue weighted by molar-refractivity contribution is 5.98. The van der Waals surface area contributed by atoms with Crippen LogP contribution in [0.5, 0.6) is 0 Å². The first-order valence-electron chi connectivity index (χ1n) is 6.64. The van der Waals surface area contributed by atoms with E-state index in [1.807, 2.05) is 6.92 Å². The van der Waals surface area contributed by atoms with Crippen LogP contribution in [0.4, 0.5) is 13.2 Å². The van der Waals surface area contributed by atoms with E-state index in [9.17, 15) is 18.0 Å². The predicted molar refractivity (Wildman–Crippen MR) is 70.4 cm³/mol. The average molecular weight is 294 g/mol. The van der Waals surface area contributed by atoms with Gasteiger partial charge in [0.05, 0.1) is 28.7 Å². The monoisotopic (exact) mass is 294 g/mol. The Hall–Kier alpha value is -2.11. The Kier molecular flexibility index (Phi) is 3.11. The number of ketones is 1. The molecule has 0 saturated heterocycles. The zero-order chi connectivity index (χ0) is 15.2. The topological polar surface area (TPSA) is 34.9 Å². The standard InChI is InChI=1S/C15H13F3N2O/c1-9-6-13-12(14(21)7-9)8-19-20(13)11-4-2-10(3-5-11)15(16,17)18/h2-5,8-9H,6-7H2,1H3/t9-/m1/s1. The number of nitrogens with zero attached hydrogens (tertiary/aromatic N) is 2. The van der Waals surface area contributed by atoms with Gasteiger partial charge >= 0.3 is 6.18 Å². The van der Waals surface area contributed by atoms with Gasteiger partial charge in [-0.2, -0.15) is 18.3 Å². The summed E-state index contributed by atoms with van der Waals surface area (Å²) in [4.78, 5) is 11.9. The number of carbonyl (C=O) groups is 1. The number of alkyl halides is 3. The van der Waals surface area contributed by atoms with E-state index >= 15 is 0 Å². The molecule has 6 heteroatoms. The summed E-state index contributed by atoms with van der Waals surface area (Å²) in [6.45, 7) is 1.98. The molecule has 3 nitrogen and oxygen atoms in total. The van der Waals surface area contributed by atoms with Gasteiger partial charge in [-0.25, -0.2) is 4.68 Å². The third-order valence-corrected chi connectivity index (χ3v) is 3.68. The van der Waals surface area contributed by atoms with Crippen LogP contribution in [0, 0.1) is 5.92 Å². The van der Waals surface area contributed by atoms with Crippen molar-refractivity contribution in [1.82, 2.24) is 9.78 Å². The second kappa shape index (κ2) is 4.72. The fourth-order valence-corrected chi connectivity index (χ4v) is 2.65. The number of aromatic nitrogens is 2. The molecule has 0 radical (unpaired) electrons. The molecule has 0 amide bonds. The number of carbonyl (C=O) groups excluding carboxylic acids is 1. The predicted octanol–water partition coefficient (Wildman–Crippen LogP) is 3.66. The molecule has 0 unspecified atom stereocenters. The zero-order valence-corrected chi connectivity index (χ0v) is 11.3. The lowest BCUT2D eigenvalue weighted by Gasteiger charge is -2.19. The van der Waals surface area contributed by atoms with Crippen LogP contribution in [0.2, 0.25) is 0 Å². The van der Waals surface area contributed by atoms with Crippen molar-refractivity contribution in [3.05, 3.63) is 47.3 Å². The zero-order valence-electron chi connectivity index (χ0n) is 11.3. The molecule has 2 aromatic rings. The summed E-state index contributed by atoms with van der Waals surface area (Å²) in [5.41, 5.74) is 1.19. The van der Waals surface area contributed by atoms with E-state index in [2.05, 4.69) is 5.10 Å². The lowest BCUT2D eigenvalue weighted by atomic mass is 9.88. The molecule has 1 aromatic heterocycles. The van der Waals surface area contributed by atoms with Gasteiger partial charge in [-0.05, 0) is 36.6 Å². The van der Waals surface area contributed by atoms with Crippen molar-refractivity contribution < 1.29 is 18.0 Å². The molecule has 0 spiro atoms. The van der Waals surface area contributed by atoms with Gasteiger partial charge in [0.2, 0.25) is 0 Å². The minimum absolute atomic E-state index is 0.0434.